The second-order valence-electron chi connectivity index (χ2n) is 4.38. The van der Waals surface area contributed by atoms with Crippen LogP contribution >= 0.6 is 0 Å². The molecule has 0 aliphatic rings. The monoisotopic (exact) mass is 366 g/mol. The average molecular weight is 367 g/mol. The zero-order chi connectivity index (χ0) is 18.1. The van der Waals surface area contributed by atoms with Gasteiger partial charge in [-0.2, -0.15) is 0 Å². The van der Waals surface area contributed by atoms with Crippen LogP contribution in [0.15, 0.2) is 24.3 Å². The van der Waals surface area contributed by atoms with Crippen molar-refractivity contribution < 1.29 is 26.6 Å². The first-order valence-corrected chi connectivity index (χ1v) is 10.5. The Kier molecular flexibility index (Phi) is 8.35. The van der Waals surface area contributed by atoms with E-state index in [1.165, 1.54) is 42.7 Å². The van der Waals surface area contributed by atoms with Crippen LogP contribution in [-0.4, -0.2) is 60.3 Å². The molecule has 0 aliphatic heterocycles. The summed E-state index contributed by atoms with van der Waals surface area (Å²) in [5, 5.41) is 0. The van der Waals surface area contributed by atoms with Crippen molar-refractivity contribution in [1.82, 2.24) is 0 Å². The maximum Gasteiger partial charge on any atom is 0.591 e. The van der Waals surface area contributed by atoms with Crippen LogP contribution in [0.1, 0.15) is 11.1 Å². The first kappa shape index (κ1) is 20.6. The van der Waals surface area contributed by atoms with Crippen molar-refractivity contribution in [2.45, 2.75) is 0 Å². The predicted molar refractivity (Wildman–Crippen MR) is 93.8 cm³/mol. The predicted octanol–water partition coefficient (Wildman–Crippen LogP) is 1.22. The molecule has 1 rings (SSSR count). The summed E-state index contributed by atoms with van der Waals surface area (Å²) in [5.41, 5.74) is 7.34. The van der Waals surface area contributed by atoms with E-state index in [4.69, 9.17) is 26.6 Å². The van der Waals surface area contributed by atoms with Gasteiger partial charge in [0.1, 0.15) is 0 Å². The smallest absolute Gasteiger partial charge is 0.367 e. The fraction of sp³-hybridized carbons (Fsp3) is 0.375. The molecule has 0 bridgehead atoms. The molecule has 0 radical (unpaired) electrons. The lowest BCUT2D eigenvalue weighted by atomic mass is 10.1. The molecule has 0 amide bonds. The Balaban J connectivity index is 3.25. The lowest BCUT2D eigenvalue weighted by Crippen LogP contribution is -2.41. The molecule has 0 saturated carbocycles. The topological polar surface area (TPSA) is 55.4 Å². The van der Waals surface area contributed by atoms with E-state index in [0.717, 1.165) is 11.1 Å². The third-order valence-corrected chi connectivity index (χ3v) is 7.33. The van der Waals surface area contributed by atoms with Crippen molar-refractivity contribution >= 4 is 17.6 Å². The summed E-state index contributed by atoms with van der Waals surface area (Å²) < 4.78 is 31.8. The van der Waals surface area contributed by atoms with E-state index in [9.17, 15) is 0 Å². The van der Waals surface area contributed by atoms with Crippen LogP contribution in [0.25, 0.3) is 0 Å². The van der Waals surface area contributed by atoms with Gasteiger partial charge in [-0.1, -0.05) is 24.0 Å². The molecular weight excluding hydrogens is 344 g/mol. The minimum absolute atomic E-state index is 0.722. The van der Waals surface area contributed by atoms with Gasteiger partial charge in [0.2, 0.25) is 0 Å². The highest BCUT2D eigenvalue weighted by molar-refractivity contribution is 6.70. The van der Waals surface area contributed by atoms with Gasteiger partial charge < -0.3 is 26.6 Å². The molecule has 130 valence electrons. The lowest BCUT2D eigenvalue weighted by molar-refractivity contribution is 0.141. The molecule has 0 unspecified atom stereocenters. The third kappa shape index (κ3) is 5.01. The maximum atomic E-state index is 5.30. The van der Waals surface area contributed by atoms with Crippen molar-refractivity contribution in [3.63, 3.8) is 0 Å². The van der Waals surface area contributed by atoms with Crippen LogP contribution in [0.5, 0.6) is 0 Å². The quantitative estimate of drug-likeness (QED) is 0.557. The van der Waals surface area contributed by atoms with Gasteiger partial charge in [-0.3, -0.25) is 0 Å². The molecule has 0 heterocycles. The van der Waals surface area contributed by atoms with Gasteiger partial charge in [0.25, 0.3) is 0 Å². The van der Waals surface area contributed by atoms with Crippen molar-refractivity contribution in [3.8, 4) is 22.9 Å². The fourth-order valence-electron chi connectivity index (χ4n) is 1.80. The van der Waals surface area contributed by atoms with Gasteiger partial charge >= 0.3 is 17.6 Å². The summed E-state index contributed by atoms with van der Waals surface area (Å²) in [5.74, 6) is 6.05. The molecule has 0 aliphatic carbocycles. The number of rotatable bonds is 6. The molecule has 6 nitrogen and oxygen atoms in total. The van der Waals surface area contributed by atoms with Crippen LogP contribution in [0, 0.1) is 22.9 Å². The Morgan fingerprint density at radius 2 is 0.875 bits per heavy atom. The maximum absolute atomic E-state index is 5.30. The van der Waals surface area contributed by atoms with Crippen molar-refractivity contribution in [3.05, 3.63) is 35.4 Å². The highest BCUT2D eigenvalue weighted by atomic mass is 28.4. The number of hydrogen-bond acceptors (Lipinski definition) is 6. The summed E-state index contributed by atoms with van der Waals surface area (Å²) in [6, 6.07) is 7.45. The van der Waals surface area contributed by atoms with E-state index in [1.807, 2.05) is 24.3 Å². The average Bonchev–Trinajstić information content (AvgIpc) is 2.66. The van der Waals surface area contributed by atoms with Gasteiger partial charge in [-0.05, 0) is 23.2 Å². The minimum Gasteiger partial charge on any atom is -0.367 e. The van der Waals surface area contributed by atoms with Gasteiger partial charge in [0.05, 0.1) is 0 Å². The molecule has 0 N–H and O–H groups in total. The van der Waals surface area contributed by atoms with E-state index in [2.05, 4.69) is 22.9 Å². The summed E-state index contributed by atoms with van der Waals surface area (Å²) in [6.07, 6.45) is 0. The largest absolute Gasteiger partial charge is 0.591 e. The molecule has 0 fully saturated rings. The summed E-state index contributed by atoms with van der Waals surface area (Å²) >= 11 is 0. The molecule has 1 aromatic carbocycles. The zero-order valence-corrected chi connectivity index (χ0v) is 16.8. The second kappa shape index (κ2) is 9.74. The lowest BCUT2D eigenvalue weighted by Gasteiger charge is -2.17. The molecule has 0 aromatic heterocycles. The number of hydrogen-bond donors (Lipinski definition) is 0. The van der Waals surface area contributed by atoms with Crippen molar-refractivity contribution in [2.75, 3.05) is 42.7 Å². The van der Waals surface area contributed by atoms with Crippen LogP contribution in [0.4, 0.5) is 0 Å². The summed E-state index contributed by atoms with van der Waals surface area (Å²) in [7, 11) is 3.10. The van der Waals surface area contributed by atoms with Crippen LogP contribution < -0.4 is 0 Å². The van der Waals surface area contributed by atoms with Gasteiger partial charge in [-0.15, -0.1) is 0 Å². The van der Waals surface area contributed by atoms with Crippen molar-refractivity contribution in [1.29, 1.82) is 0 Å². The minimum atomic E-state index is -2.98. The van der Waals surface area contributed by atoms with Gasteiger partial charge in [0.15, 0.2) is 0 Å². The Labute approximate surface area is 145 Å². The van der Waals surface area contributed by atoms with E-state index in [-0.39, 0.29) is 0 Å². The molecule has 8 heteroatoms. The highest BCUT2D eigenvalue weighted by Crippen LogP contribution is 2.10. The molecule has 0 atom stereocenters. The Bertz CT molecular complexity index is 574. The second-order valence-corrected chi connectivity index (χ2v) is 9.56. The molecule has 0 saturated heterocycles. The van der Waals surface area contributed by atoms with Gasteiger partial charge in [0, 0.05) is 53.8 Å². The Hall–Kier alpha value is -1.47. The van der Waals surface area contributed by atoms with E-state index in [0.29, 0.717) is 0 Å². The van der Waals surface area contributed by atoms with E-state index < -0.39 is 17.6 Å². The SMILES string of the molecule is CO[Si](C#Cc1ccccc1C#C[Si](OC)(OC)OC)(OC)OC. The van der Waals surface area contributed by atoms with Crippen molar-refractivity contribution in [2.24, 2.45) is 0 Å². The van der Waals surface area contributed by atoms with E-state index >= 15 is 0 Å². The molecule has 0 spiro atoms. The Morgan fingerprint density at radius 3 is 1.12 bits per heavy atom. The first-order valence-electron chi connectivity index (χ1n) is 7.00. The highest BCUT2D eigenvalue weighted by Gasteiger charge is 2.37. The molecule has 1 aromatic rings. The zero-order valence-electron chi connectivity index (χ0n) is 14.8. The molecular formula is C16H22O6Si2. The number of benzene rings is 1. The summed E-state index contributed by atoms with van der Waals surface area (Å²) in [4.78, 5) is 0. The third-order valence-electron chi connectivity index (χ3n) is 3.24. The Morgan fingerprint density at radius 1 is 0.583 bits per heavy atom. The van der Waals surface area contributed by atoms with Gasteiger partial charge in [-0.25, -0.2) is 0 Å². The normalized spacial score (nSPS) is 11.2. The fourth-order valence-corrected chi connectivity index (χ4v) is 3.98. The van der Waals surface area contributed by atoms with E-state index in [1.54, 1.807) is 0 Å². The van der Waals surface area contributed by atoms with Crippen LogP contribution in [0.2, 0.25) is 0 Å². The van der Waals surface area contributed by atoms with Crippen LogP contribution in [0.3, 0.4) is 0 Å². The standard InChI is InChI=1S/C16H22O6Si2/c1-17-23(18-2,19-3)13-11-15-9-7-8-10-16(15)12-14-24(20-4,21-5)22-6/h7-10H,1-6H3. The summed E-state index contributed by atoms with van der Waals surface area (Å²) in [6.45, 7) is 0. The first-order chi connectivity index (χ1) is 11.5. The van der Waals surface area contributed by atoms with Crippen LogP contribution in [-0.2, 0) is 26.6 Å². The molecule has 24 heavy (non-hydrogen) atoms.